The van der Waals surface area contributed by atoms with Crippen LogP contribution in [0.1, 0.15) is 108 Å². The van der Waals surface area contributed by atoms with Crippen molar-refractivity contribution in [1.82, 2.24) is 4.90 Å². The van der Waals surface area contributed by atoms with Gasteiger partial charge in [0.15, 0.2) is 0 Å². The Kier molecular flexibility index (Phi) is 5.24. The predicted molar refractivity (Wildman–Crippen MR) is 119 cm³/mol. The molecule has 4 unspecified atom stereocenters. The molecule has 156 valence electrons. The van der Waals surface area contributed by atoms with E-state index in [1.165, 1.54) is 38.5 Å². The smallest absolute Gasteiger partial charge is 0.0209 e. The van der Waals surface area contributed by atoms with Gasteiger partial charge in [-0.3, -0.25) is 4.90 Å². The molecule has 1 heteroatoms. The normalized spacial score (nSPS) is 32.8. The van der Waals surface area contributed by atoms with E-state index in [4.69, 9.17) is 0 Å². The molecule has 1 nitrogen and oxygen atoms in total. The lowest BCUT2D eigenvalue weighted by Crippen LogP contribution is -2.55. The van der Waals surface area contributed by atoms with Gasteiger partial charge >= 0.3 is 0 Å². The van der Waals surface area contributed by atoms with Crippen molar-refractivity contribution in [2.24, 2.45) is 28.1 Å². The zero-order chi connectivity index (χ0) is 20.4. The van der Waals surface area contributed by atoms with E-state index < -0.39 is 0 Å². The van der Waals surface area contributed by atoms with Crippen LogP contribution in [-0.4, -0.2) is 22.5 Å². The van der Waals surface area contributed by atoms with Crippen molar-refractivity contribution in [3.05, 3.63) is 11.6 Å². The lowest BCUT2D eigenvalue weighted by molar-refractivity contribution is 0.00122. The van der Waals surface area contributed by atoms with Gasteiger partial charge in [-0.05, 0) is 87.4 Å². The fourth-order valence-corrected chi connectivity index (χ4v) is 7.06. The molecule has 2 fully saturated rings. The van der Waals surface area contributed by atoms with Crippen LogP contribution in [0.4, 0.5) is 0 Å². The first-order chi connectivity index (χ1) is 12.2. The van der Waals surface area contributed by atoms with Gasteiger partial charge < -0.3 is 0 Å². The summed E-state index contributed by atoms with van der Waals surface area (Å²) in [6, 6.07) is 1.50. The molecule has 1 heterocycles. The Balaban J connectivity index is 1.83. The molecule has 0 bridgehead atoms. The average Bonchev–Trinajstić information content (AvgIpc) is 2.94. The van der Waals surface area contributed by atoms with Crippen molar-refractivity contribution in [3.63, 3.8) is 0 Å². The van der Waals surface area contributed by atoms with E-state index in [0.29, 0.717) is 16.2 Å². The molecule has 1 saturated heterocycles. The maximum Gasteiger partial charge on any atom is 0.0209 e. The highest BCUT2D eigenvalue weighted by Gasteiger charge is 2.63. The summed E-state index contributed by atoms with van der Waals surface area (Å²) in [5.41, 5.74) is 3.32. The third-order valence-corrected chi connectivity index (χ3v) is 7.82. The maximum atomic E-state index is 2.98. The summed E-state index contributed by atoms with van der Waals surface area (Å²) in [6.07, 6.45) is 11.0. The maximum absolute atomic E-state index is 2.98. The van der Waals surface area contributed by atoms with E-state index >= 15 is 0 Å². The summed E-state index contributed by atoms with van der Waals surface area (Å²) in [4.78, 5) is 2.98. The molecule has 1 aliphatic heterocycles. The second kappa shape index (κ2) is 6.61. The summed E-state index contributed by atoms with van der Waals surface area (Å²) < 4.78 is 0. The van der Waals surface area contributed by atoms with Crippen LogP contribution in [0.3, 0.4) is 0 Å². The van der Waals surface area contributed by atoms with Gasteiger partial charge in [0.05, 0.1) is 0 Å². The lowest BCUT2D eigenvalue weighted by atomic mass is 9.73. The summed E-state index contributed by atoms with van der Waals surface area (Å²) in [6.45, 7) is 24.6. The van der Waals surface area contributed by atoms with E-state index in [-0.39, 0.29) is 5.54 Å². The monoisotopic (exact) mass is 373 g/mol. The van der Waals surface area contributed by atoms with Crippen LogP contribution >= 0.6 is 0 Å². The Morgan fingerprint density at radius 1 is 1.04 bits per heavy atom. The first kappa shape index (κ1) is 21.4. The fraction of sp³-hybridized carbons (Fsp3) is 0.923. The highest BCUT2D eigenvalue weighted by Crippen LogP contribution is 2.65. The summed E-state index contributed by atoms with van der Waals surface area (Å²) in [7, 11) is 0. The molecule has 0 aromatic carbocycles. The van der Waals surface area contributed by atoms with Crippen molar-refractivity contribution < 1.29 is 0 Å². The minimum atomic E-state index is 0.257. The molecular weight excluding hydrogens is 326 g/mol. The van der Waals surface area contributed by atoms with E-state index in [2.05, 4.69) is 80.2 Å². The molecule has 1 saturated carbocycles. The highest BCUT2D eigenvalue weighted by molar-refractivity contribution is 5.21. The van der Waals surface area contributed by atoms with Gasteiger partial charge in [-0.2, -0.15) is 0 Å². The van der Waals surface area contributed by atoms with Crippen molar-refractivity contribution in [2.75, 3.05) is 0 Å². The molecule has 0 aromatic heterocycles. The first-order valence-electron chi connectivity index (χ1n) is 11.7. The summed E-state index contributed by atoms with van der Waals surface area (Å²) in [5.74, 6) is 1.60. The van der Waals surface area contributed by atoms with Crippen LogP contribution in [-0.2, 0) is 0 Å². The zero-order valence-electron chi connectivity index (χ0n) is 20.1. The molecule has 1 spiro atoms. The Morgan fingerprint density at radius 2 is 1.63 bits per heavy atom. The van der Waals surface area contributed by atoms with Gasteiger partial charge in [-0.15, -0.1) is 0 Å². The third kappa shape index (κ3) is 4.05. The van der Waals surface area contributed by atoms with Crippen LogP contribution in [0, 0.1) is 28.1 Å². The number of allylic oxidation sites excluding steroid dienone is 2. The van der Waals surface area contributed by atoms with E-state index in [9.17, 15) is 0 Å². The fourth-order valence-electron chi connectivity index (χ4n) is 7.06. The number of hydrogen-bond donors (Lipinski definition) is 0. The average molecular weight is 374 g/mol. The van der Waals surface area contributed by atoms with E-state index in [1.54, 1.807) is 5.57 Å². The SMILES string of the molecule is CC(CC1CC2(CC2)C(C(C)(C)C)N1C(C)(C)C)C1CCC=C1C(C)(C)C. The zero-order valence-corrected chi connectivity index (χ0v) is 20.1. The quantitative estimate of drug-likeness (QED) is 0.464. The summed E-state index contributed by atoms with van der Waals surface area (Å²) >= 11 is 0. The van der Waals surface area contributed by atoms with Crippen molar-refractivity contribution in [2.45, 2.75) is 125 Å². The van der Waals surface area contributed by atoms with Gasteiger partial charge in [-0.25, -0.2) is 0 Å². The third-order valence-electron chi connectivity index (χ3n) is 7.82. The Labute approximate surface area is 170 Å². The Morgan fingerprint density at radius 3 is 2.07 bits per heavy atom. The lowest BCUT2D eigenvalue weighted by Gasteiger charge is -2.48. The van der Waals surface area contributed by atoms with E-state index in [0.717, 1.165) is 23.9 Å². The molecule has 27 heavy (non-hydrogen) atoms. The largest absolute Gasteiger partial charge is 0.291 e. The number of hydrogen-bond acceptors (Lipinski definition) is 1. The minimum Gasteiger partial charge on any atom is -0.291 e. The molecule has 3 aliphatic rings. The molecule has 3 rings (SSSR count). The summed E-state index contributed by atoms with van der Waals surface area (Å²) in [5, 5.41) is 0. The van der Waals surface area contributed by atoms with Crippen LogP contribution in [0.25, 0.3) is 0 Å². The molecule has 2 aliphatic carbocycles. The second-order valence-electron chi connectivity index (χ2n) is 13.4. The molecule has 0 radical (unpaired) electrons. The van der Waals surface area contributed by atoms with Crippen LogP contribution in [0.5, 0.6) is 0 Å². The molecule has 0 aromatic rings. The minimum absolute atomic E-state index is 0.257. The second-order valence-corrected chi connectivity index (χ2v) is 13.4. The van der Waals surface area contributed by atoms with Gasteiger partial charge in [-0.1, -0.05) is 60.1 Å². The van der Waals surface area contributed by atoms with Gasteiger partial charge in [0.25, 0.3) is 0 Å². The van der Waals surface area contributed by atoms with Crippen LogP contribution in [0.15, 0.2) is 11.6 Å². The molecule has 4 atom stereocenters. The van der Waals surface area contributed by atoms with Crippen molar-refractivity contribution >= 4 is 0 Å². The van der Waals surface area contributed by atoms with Crippen molar-refractivity contribution in [3.8, 4) is 0 Å². The highest BCUT2D eigenvalue weighted by atomic mass is 15.3. The van der Waals surface area contributed by atoms with Crippen LogP contribution < -0.4 is 0 Å². The standard InChI is InChI=1S/C26H47N/c1-18(20-12-11-13-21(20)23(2,3)4)16-19-17-26(14-15-26)22(24(5,6)7)27(19)25(8,9)10/h13,18-20,22H,11-12,14-17H2,1-10H3. The first-order valence-corrected chi connectivity index (χ1v) is 11.7. The number of rotatable bonds is 3. The molecular formula is C26H47N. The number of nitrogens with zero attached hydrogens (tertiary/aromatic N) is 1. The topological polar surface area (TPSA) is 3.24 Å². The molecule has 0 N–H and O–H groups in total. The predicted octanol–water partition coefficient (Wildman–Crippen LogP) is 7.46. The van der Waals surface area contributed by atoms with Crippen molar-refractivity contribution in [1.29, 1.82) is 0 Å². The van der Waals surface area contributed by atoms with Gasteiger partial charge in [0.1, 0.15) is 0 Å². The van der Waals surface area contributed by atoms with Gasteiger partial charge in [0, 0.05) is 17.6 Å². The number of likely N-dealkylation sites (tertiary alicyclic amines) is 1. The Bertz CT molecular complexity index is 573. The van der Waals surface area contributed by atoms with E-state index in [1.807, 2.05) is 0 Å². The Hall–Kier alpha value is -0.300. The van der Waals surface area contributed by atoms with Gasteiger partial charge in [0.2, 0.25) is 0 Å². The molecule has 0 amide bonds. The van der Waals surface area contributed by atoms with Crippen LogP contribution in [0.2, 0.25) is 0 Å².